The highest BCUT2D eigenvalue weighted by molar-refractivity contribution is 7.47. The fourth-order valence-corrected chi connectivity index (χ4v) is 8.58. The molecule has 0 saturated heterocycles. The SMILES string of the molecule is CCCCCCCCCC/C=C\CCCCCCCCCCCCCCCCCCCCCCCC(=O)OC(COC(=O)CCCCCCCC)COP(=O)(O)OCC[N+](C)(C)C. The topological polar surface area (TPSA) is 108 Å². The maximum atomic E-state index is 12.7. The second kappa shape index (κ2) is 45.9. The van der Waals surface area contributed by atoms with Gasteiger partial charge in [0.1, 0.15) is 19.8 Å². The summed E-state index contributed by atoms with van der Waals surface area (Å²) < 4.78 is 34.2. The molecular formula is C53H105NO8P+. The molecule has 63 heavy (non-hydrogen) atoms. The van der Waals surface area contributed by atoms with Crippen LogP contribution in [-0.4, -0.2) is 74.9 Å². The van der Waals surface area contributed by atoms with Crippen molar-refractivity contribution in [1.82, 2.24) is 0 Å². The molecule has 0 saturated carbocycles. The number of nitrogens with zero attached hydrogens (tertiary/aromatic N) is 1. The molecule has 2 unspecified atom stereocenters. The van der Waals surface area contributed by atoms with Gasteiger partial charge in [0.2, 0.25) is 0 Å². The van der Waals surface area contributed by atoms with Crippen LogP contribution in [0.25, 0.3) is 0 Å². The summed E-state index contributed by atoms with van der Waals surface area (Å²) >= 11 is 0. The maximum Gasteiger partial charge on any atom is 0.472 e. The normalized spacial score (nSPS) is 13.4. The van der Waals surface area contributed by atoms with Gasteiger partial charge in [-0.1, -0.05) is 225 Å². The highest BCUT2D eigenvalue weighted by atomic mass is 31.2. The number of quaternary nitrogens is 1. The first-order chi connectivity index (χ1) is 30.5. The molecule has 0 bridgehead atoms. The van der Waals surface area contributed by atoms with Crippen LogP contribution in [0.2, 0.25) is 0 Å². The van der Waals surface area contributed by atoms with E-state index in [1.165, 1.54) is 193 Å². The molecule has 9 nitrogen and oxygen atoms in total. The Morgan fingerprint density at radius 1 is 0.476 bits per heavy atom. The number of likely N-dealkylation sites (N-methyl/N-ethyl adjacent to an activating group) is 1. The van der Waals surface area contributed by atoms with Crippen molar-refractivity contribution in [1.29, 1.82) is 0 Å². The molecule has 0 aliphatic rings. The highest BCUT2D eigenvalue weighted by Crippen LogP contribution is 2.43. The number of allylic oxidation sites excluding steroid dienone is 2. The molecule has 0 spiro atoms. The van der Waals surface area contributed by atoms with E-state index in [0.29, 0.717) is 23.9 Å². The third-order valence-electron chi connectivity index (χ3n) is 12.0. The van der Waals surface area contributed by atoms with Crippen LogP contribution < -0.4 is 0 Å². The zero-order valence-corrected chi connectivity index (χ0v) is 43.2. The van der Waals surface area contributed by atoms with Crippen LogP contribution >= 0.6 is 7.82 Å². The van der Waals surface area contributed by atoms with Crippen LogP contribution in [0, 0.1) is 0 Å². The van der Waals surface area contributed by atoms with Crippen molar-refractivity contribution in [3.63, 3.8) is 0 Å². The Balaban J connectivity index is 3.82. The number of hydrogen-bond acceptors (Lipinski definition) is 7. The molecule has 10 heteroatoms. The van der Waals surface area contributed by atoms with Crippen molar-refractivity contribution in [3.8, 4) is 0 Å². The van der Waals surface area contributed by atoms with Gasteiger partial charge in [0.05, 0.1) is 27.7 Å². The van der Waals surface area contributed by atoms with E-state index in [0.717, 1.165) is 38.5 Å². The Morgan fingerprint density at radius 2 is 0.810 bits per heavy atom. The van der Waals surface area contributed by atoms with Gasteiger partial charge in [0.15, 0.2) is 6.10 Å². The predicted octanol–water partition coefficient (Wildman–Crippen LogP) is 16.1. The minimum Gasteiger partial charge on any atom is -0.462 e. The summed E-state index contributed by atoms with van der Waals surface area (Å²) in [7, 11) is 1.49. The molecule has 374 valence electrons. The van der Waals surface area contributed by atoms with Crippen LogP contribution in [-0.2, 0) is 32.7 Å². The minimum atomic E-state index is -4.36. The van der Waals surface area contributed by atoms with Gasteiger partial charge in [-0.15, -0.1) is 0 Å². The number of carbonyl (C=O) groups excluding carboxylic acids is 2. The second-order valence-electron chi connectivity index (χ2n) is 19.6. The molecule has 0 aromatic rings. The van der Waals surface area contributed by atoms with Crippen LogP contribution in [0.3, 0.4) is 0 Å². The van der Waals surface area contributed by atoms with Crippen molar-refractivity contribution < 1.29 is 42.1 Å². The van der Waals surface area contributed by atoms with E-state index in [1.54, 1.807) is 0 Å². The van der Waals surface area contributed by atoms with E-state index in [2.05, 4.69) is 26.0 Å². The Kier molecular flexibility index (Phi) is 45.0. The van der Waals surface area contributed by atoms with Crippen molar-refractivity contribution in [3.05, 3.63) is 12.2 Å². The van der Waals surface area contributed by atoms with E-state index in [4.69, 9.17) is 18.5 Å². The fraction of sp³-hybridized carbons (Fsp3) is 0.925. The summed E-state index contributed by atoms with van der Waals surface area (Å²) in [6.45, 7) is 4.39. The minimum absolute atomic E-state index is 0.0355. The van der Waals surface area contributed by atoms with E-state index in [1.807, 2.05) is 21.1 Å². The average Bonchev–Trinajstić information content (AvgIpc) is 3.24. The first-order valence-corrected chi connectivity index (χ1v) is 28.4. The number of phosphoric acid groups is 1. The van der Waals surface area contributed by atoms with Gasteiger partial charge in [0, 0.05) is 12.8 Å². The lowest BCUT2D eigenvalue weighted by Gasteiger charge is -2.24. The predicted molar refractivity (Wildman–Crippen MR) is 266 cm³/mol. The van der Waals surface area contributed by atoms with Gasteiger partial charge in [-0.3, -0.25) is 18.6 Å². The highest BCUT2D eigenvalue weighted by Gasteiger charge is 2.27. The van der Waals surface area contributed by atoms with Crippen molar-refractivity contribution in [2.24, 2.45) is 0 Å². The largest absolute Gasteiger partial charge is 0.472 e. The molecule has 0 aliphatic carbocycles. The van der Waals surface area contributed by atoms with Gasteiger partial charge >= 0.3 is 19.8 Å². The summed E-state index contributed by atoms with van der Waals surface area (Å²) in [5.41, 5.74) is 0. The summed E-state index contributed by atoms with van der Waals surface area (Å²) in [6.07, 6.45) is 52.0. The van der Waals surface area contributed by atoms with Gasteiger partial charge in [-0.25, -0.2) is 4.57 Å². The smallest absolute Gasteiger partial charge is 0.462 e. The third kappa shape index (κ3) is 50.0. The summed E-state index contributed by atoms with van der Waals surface area (Å²) in [5, 5.41) is 0. The number of unbranched alkanes of at least 4 members (excludes halogenated alkanes) is 34. The number of carbonyl (C=O) groups is 2. The number of ether oxygens (including phenoxy) is 2. The lowest BCUT2D eigenvalue weighted by Crippen LogP contribution is -2.37. The van der Waals surface area contributed by atoms with Crippen LogP contribution in [0.1, 0.15) is 264 Å². The quantitative estimate of drug-likeness (QED) is 0.0211. The Bertz CT molecular complexity index is 1080. The molecule has 0 heterocycles. The number of hydrogen-bond donors (Lipinski definition) is 1. The summed E-state index contributed by atoms with van der Waals surface area (Å²) in [6, 6.07) is 0. The van der Waals surface area contributed by atoms with Gasteiger partial charge in [0.25, 0.3) is 0 Å². The van der Waals surface area contributed by atoms with E-state index in [9.17, 15) is 19.0 Å². The summed E-state index contributed by atoms with van der Waals surface area (Å²) in [4.78, 5) is 35.2. The molecule has 1 N–H and O–H groups in total. The van der Waals surface area contributed by atoms with Crippen LogP contribution in [0.4, 0.5) is 0 Å². The van der Waals surface area contributed by atoms with Crippen molar-refractivity contribution >= 4 is 19.8 Å². The number of rotatable bonds is 50. The third-order valence-corrected chi connectivity index (χ3v) is 13.0. The van der Waals surface area contributed by atoms with Gasteiger partial charge < -0.3 is 18.9 Å². The number of esters is 2. The fourth-order valence-electron chi connectivity index (χ4n) is 7.84. The Hall–Kier alpha value is -1.25. The monoisotopic (exact) mass is 915 g/mol. The second-order valence-corrected chi connectivity index (χ2v) is 21.1. The standard InChI is InChI=1S/C53H104NO8P/c1-6-8-10-12-14-15-16-17-18-19-20-21-22-23-24-25-26-27-28-29-30-31-32-33-34-35-36-37-38-39-40-42-44-46-53(56)62-51(49-59-52(55)45-43-41-13-11-9-7-2)50-61-63(57,58)60-48-47-54(3,4)5/h19-20,51H,6-18,21-50H2,1-5H3/p+1/b20-19-. The maximum absolute atomic E-state index is 12.7. The van der Waals surface area contributed by atoms with Crippen LogP contribution in [0.15, 0.2) is 12.2 Å². The van der Waals surface area contributed by atoms with E-state index >= 15 is 0 Å². The zero-order chi connectivity index (χ0) is 46.4. The lowest BCUT2D eigenvalue weighted by atomic mass is 10.0. The molecular weight excluding hydrogens is 810 g/mol. The van der Waals surface area contributed by atoms with Gasteiger partial charge in [-0.2, -0.15) is 0 Å². The lowest BCUT2D eigenvalue weighted by molar-refractivity contribution is -0.870. The summed E-state index contributed by atoms with van der Waals surface area (Å²) in [5.74, 6) is -0.795. The van der Waals surface area contributed by atoms with Gasteiger partial charge in [-0.05, 0) is 38.5 Å². The molecule has 0 radical (unpaired) electrons. The Labute approximate surface area is 390 Å². The molecule has 0 aromatic heterocycles. The van der Waals surface area contributed by atoms with Crippen molar-refractivity contribution in [2.75, 3.05) is 47.5 Å². The molecule has 0 aromatic carbocycles. The molecule has 0 aliphatic heterocycles. The Morgan fingerprint density at radius 3 is 1.17 bits per heavy atom. The first kappa shape index (κ1) is 61.8. The number of phosphoric ester groups is 1. The van der Waals surface area contributed by atoms with E-state index < -0.39 is 26.5 Å². The van der Waals surface area contributed by atoms with E-state index in [-0.39, 0.29) is 25.6 Å². The first-order valence-electron chi connectivity index (χ1n) is 26.9. The van der Waals surface area contributed by atoms with Crippen molar-refractivity contribution in [2.45, 2.75) is 270 Å². The van der Waals surface area contributed by atoms with Crippen LogP contribution in [0.5, 0.6) is 0 Å². The molecule has 0 fully saturated rings. The zero-order valence-electron chi connectivity index (χ0n) is 42.3. The molecule has 2 atom stereocenters. The molecule has 0 amide bonds. The average molecular weight is 915 g/mol. The molecule has 0 rings (SSSR count).